The largest absolute Gasteiger partial charge is 0.396 e. The van der Waals surface area contributed by atoms with Crippen molar-refractivity contribution in [3.8, 4) is 0 Å². The van der Waals surface area contributed by atoms with E-state index in [0.717, 1.165) is 11.1 Å². The summed E-state index contributed by atoms with van der Waals surface area (Å²) in [4.78, 5) is 0. The Kier molecular flexibility index (Phi) is 3.10. The van der Waals surface area contributed by atoms with E-state index in [1.165, 1.54) is 0 Å². The third kappa shape index (κ3) is 1.45. The number of aliphatic hydroxyl groups excluding tert-OH is 3. The van der Waals surface area contributed by atoms with Crippen molar-refractivity contribution in [3.63, 3.8) is 0 Å². The second-order valence-electron chi connectivity index (χ2n) is 9.65. The van der Waals surface area contributed by atoms with Crippen LogP contribution >= 0.6 is 0 Å². The van der Waals surface area contributed by atoms with Crippen LogP contribution in [0, 0.1) is 29.6 Å². The minimum Gasteiger partial charge on any atom is -0.396 e. The number of hydrogen-bond donors (Lipinski definition) is 3. The molecule has 4 aliphatic heterocycles. The average Bonchev–Trinajstić information content (AvgIpc) is 3.18. The van der Waals surface area contributed by atoms with E-state index >= 15 is 0 Å². The first-order valence-corrected chi connectivity index (χ1v) is 9.82. The van der Waals surface area contributed by atoms with Crippen LogP contribution in [0.25, 0.3) is 0 Å². The van der Waals surface area contributed by atoms with Gasteiger partial charge in [0.25, 0.3) is 0 Å². The van der Waals surface area contributed by atoms with Crippen LogP contribution < -0.4 is 0 Å². The maximum Gasteiger partial charge on any atom is 0.102 e. The number of aliphatic hydroxyl groups is 3. The Morgan fingerprint density at radius 3 is 1.62 bits per heavy atom. The molecule has 144 valence electrons. The summed E-state index contributed by atoms with van der Waals surface area (Å²) in [5.41, 5.74) is -0.145. The lowest BCUT2D eigenvalue weighted by molar-refractivity contribution is -0.207. The zero-order valence-electron chi connectivity index (χ0n) is 16.2. The lowest BCUT2D eigenvalue weighted by atomic mass is 9.47. The van der Waals surface area contributed by atoms with Gasteiger partial charge in [0.1, 0.15) is 11.2 Å². The molecule has 4 bridgehead atoms. The normalized spacial score (nSPS) is 62.2. The minimum absolute atomic E-state index is 0.0161. The molecular weight excluding hydrogens is 332 g/mol. The van der Waals surface area contributed by atoms with Crippen LogP contribution in [-0.4, -0.2) is 57.0 Å². The zero-order valence-corrected chi connectivity index (χ0v) is 16.2. The van der Waals surface area contributed by atoms with E-state index in [2.05, 4.69) is 32.9 Å². The standard InChI is InChI=1S/C21H30O5/c1-10-6-18(4)13(8-22)15-17(24)16-14(9-23)19(5)7-11(2)21(16,26-19)12(3)20(10,15)25-18/h6-7,12-17,22-24H,8-9H2,1-5H3/t12?,13-,14+,15+,16-,17?,18-,19-,20-,21+/m0/s1. The van der Waals surface area contributed by atoms with Gasteiger partial charge in [-0.2, -0.15) is 0 Å². The molecule has 1 aliphatic carbocycles. The summed E-state index contributed by atoms with van der Waals surface area (Å²) in [5.74, 6) is -0.714. The van der Waals surface area contributed by atoms with Gasteiger partial charge in [-0.25, -0.2) is 0 Å². The molecular formula is C21H30O5. The van der Waals surface area contributed by atoms with Crippen molar-refractivity contribution in [3.05, 3.63) is 23.3 Å². The highest BCUT2D eigenvalue weighted by molar-refractivity contribution is 5.47. The SMILES string of the molecule is CC1=C[C@]2(C)O[C@@]13C(C)[C@@]14O[C@@](C)(C=C1C)[C@@H](CO)[C@@H]4C(O)[C@@H]3[C@H]2CO. The Bertz CT molecular complexity index is 685. The predicted octanol–water partition coefficient (Wildman–Crippen LogP) is 1.42. The fraction of sp³-hybridized carbons (Fsp3) is 0.810. The molecule has 0 aromatic rings. The van der Waals surface area contributed by atoms with Crippen LogP contribution in [0.5, 0.6) is 0 Å². The Balaban J connectivity index is 1.75. The van der Waals surface area contributed by atoms with Gasteiger partial charge in [0.2, 0.25) is 0 Å². The van der Waals surface area contributed by atoms with Crippen molar-refractivity contribution >= 4 is 0 Å². The molecule has 1 saturated carbocycles. The third-order valence-electron chi connectivity index (χ3n) is 8.76. The fourth-order valence-electron chi connectivity index (χ4n) is 7.92. The number of ether oxygens (including phenoxy) is 2. The summed E-state index contributed by atoms with van der Waals surface area (Å²) in [7, 11) is 0. The summed E-state index contributed by atoms with van der Waals surface area (Å²) >= 11 is 0. The van der Waals surface area contributed by atoms with E-state index in [1.54, 1.807) is 0 Å². The summed E-state index contributed by atoms with van der Waals surface area (Å²) in [6.07, 6.45) is 3.57. The predicted molar refractivity (Wildman–Crippen MR) is 95.3 cm³/mol. The Morgan fingerprint density at radius 1 is 0.885 bits per heavy atom. The highest BCUT2D eigenvalue weighted by atomic mass is 16.6. The molecule has 2 spiro atoms. The molecule has 0 aromatic carbocycles. The first-order chi connectivity index (χ1) is 12.1. The van der Waals surface area contributed by atoms with Crippen molar-refractivity contribution in [2.24, 2.45) is 29.6 Å². The fourth-order valence-corrected chi connectivity index (χ4v) is 7.92. The first kappa shape index (κ1) is 17.4. The van der Waals surface area contributed by atoms with Crippen molar-refractivity contribution in [1.82, 2.24) is 0 Å². The average molecular weight is 362 g/mol. The second kappa shape index (κ2) is 4.64. The summed E-state index contributed by atoms with van der Waals surface area (Å²) < 4.78 is 13.3. The monoisotopic (exact) mass is 362 g/mol. The molecule has 26 heavy (non-hydrogen) atoms. The lowest BCUT2D eigenvalue weighted by Gasteiger charge is -2.58. The molecule has 4 heterocycles. The van der Waals surface area contributed by atoms with E-state index < -0.39 is 28.5 Å². The van der Waals surface area contributed by atoms with Crippen molar-refractivity contribution in [1.29, 1.82) is 0 Å². The van der Waals surface area contributed by atoms with Gasteiger partial charge >= 0.3 is 0 Å². The Morgan fingerprint density at radius 2 is 1.27 bits per heavy atom. The van der Waals surface area contributed by atoms with Gasteiger partial charge in [-0.15, -0.1) is 0 Å². The van der Waals surface area contributed by atoms with Crippen LogP contribution in [-0.2, 0) is 9.47 Å². The van der Waals surface area contributed by atoms with E-state index in [9.17, 15) is 15.3 Å². The number of hydrogen-bond acceptors (Lipinski definition) is 5. The third-order valence-corrected chi connectivity index (χ3v) is 8.76. The first-order valence-electron chi connectivity index (χ1n) is 9.82. The van der Waals surface area contributed by atoms with Gasteiger partial charge in [-0.1, -0.05) is 19.1 Å². The molecule has 3 N–H and O–H groups in total. The molecule has 5 nitrogen and oxygen atoms in total. The van der Waals surface area contributed by atoms with E-state index in [4.69, 9.17) is 9.47 Å². The van der Waals surface area contributed by atoms with Crippen LogP contribution in [0.2, 0.25) is 0 Å². The lowest BCUT2D eigenvalue weighted by Crippen LogP contribution is -2.68. The molecule has 0 amide bonds. The summed E-state index contributed by atoms with van der Waals surface area (Å²) in [6.45, 7) is 10.3. The van der Waals surface area contributed by atoms with Crippen LogP contribution in [0.15, 0.2) is 23.3 Å². The van der Waals surface area contributed by atoms with Gasteiger partial charge in [-0.3, -0.25) is 0 Å². The summed E-state index contributed by atoms with van der Waals surface area (Å²) in [5, 5.41) is 32.0. The maximum atomic E-state index is 11.6. The van der Waals surface area contributed by atoms with Crippen LogP contribution in [0.1, 0.15) is 34.6 Å². The van der Waals surface area contributed by atoms with Crippen LogP contribution in [0.4, 0.5) is 0 Å². The molecule has 10 atom stereocenters. The van der Waals surface area contributed by atoms with Gasteiger partial charge in [-0.05, 0) is 38.8 Å². The van der Waals surface area contributed by atoms with Crippen LogP contribution in [0.3, 0.4) is 0 Å². The Hall–Kier alpha value is -0.720. The molecule has 3 fully saturated rings. The van der Waals surface area contributed by atoms with Gasteiger partial charge < -0.3 is 24.8 Å². The van der Waals surface area contributed by atoms with Gasteiger partial charge in [0.05, 0.1) is 17.3 Å². The minimum atomic E-state index is -0.698. The van der Waals surface area contributed by atoms with E-state index in [-0.39, 0.29) is 42.8 Å². The molecule has 2 unspecified atom stereocenters. The number of fused-ring (bicyclic) bond motifs is 2. The smallest absolute Gasteiger partial charge is 0.102 e. The molecule has 0 radical (unpaired) electrons. The summed E-state index contributed by atoms with van der Waals surface area (Å²) in [6, 6.07) is 0. The van der Waals surface area contributed by atoms with Gasteiger partial charge in [0, 0.05) is 42.8 Å². The highest BCUT2D eigenvalue weighted by Gasteiger charge is 2.81. The molecule has 2 saturated heterocycles. The van der Waals surface area contributed by atoms with Crippen molar-refractivity contribution in [2.75, 3.05) is 13.2 Å². The second-order valence-corrected chi connectivity index (χ2v) is 9.65. The van der Waals surface area contributed by atoms with Crippen molar-refractivity contribution in [2.45, 2.75) is 63.1 Å². The maximum absolute atomic E-state index is 11.6. The molecule has 5 aliphatic rings. The zero-order chi connectivity index (χ0) is 18.9. The molecule has 0 aromatic heterocycles. The van der Waals surface area contributed by atoms with Crippen molar-refractivity contribution < 1.29 is 24.8 Å². The van der Waals surface area contributed by atoms with E-state index in [0.29, 0.717) is 0 Å². The Labute approximate surface area is 154 Å². The molecule has 5 rings (SSSR count). The highest BCUT2D eigenvalue weighted by Crippen LogP contribution is 2.73. The quantitative estimate of drug-likeness (QED) is 0.648. The van der Waals surface area contributed by atoms with Gasteiger partial charge in [0.15, 0.2) is 0 Å². The molecule has 5 heteroatoms. The van der Waals surface area contributed by atoms with E-state index in [1.807, 2.05) is 13.8 Å². The number of rotatable bonds is 2. The topological polar surface area (TPSA) is 79.2 Å².